The summed E-state index contributed by atoms with van der Waals surface area (Å²) >= 11 is 4.34. The van der Waals surface area contributed by atoms with E-state index in [0.29, 0.717) is 0 Å². The first-order valence-corrected chi connectivity index (χ1v) is 3.71. The molecule has 0 heterocycles. The summed E-state index contributed by atoms with van der Waals surface area (Å²) in [7, 11) is -4.14. The maximum atomic E-state index is 7.54. The van der Waals surface area contributed by atoms with Gasteiger partial charge in [-0.1, -0.05) is 11.1 Å². The molecule has 0 fully saturated rings. The van der Waals surface area contributed by atoms with Gasteiger partial charge >= 0.3 is 8.11 Å². The van der Waals surface area contributed by atoms with Gasteiger partial charge in [0.1, 0.15) is 0 Å². The van der Waals surface area contributed by atoms with E-state index >= 15 is 0 Å². The SMILES string of the molecule is F.O[Si](O)(O)Cl. The van der Waals surface area contributed by atoms with Crippen LogP contribution >= 0.6 is 11.1 Å². The van der Waals surface area contributed by atoms with Gasteiger partial charge in [0.25, 0.3) is 0 Å². The van der Waals surface area contributed by atoms with Crippen molar-refractivity contribution < 1.29 is 19.1 Å². The number of hydrogen-bond acceptors (Lipinski definition) is 3. The second-order valence-electron chi connectivity index (χ2n) is 0.554. The van der Waals surface area contributed by atoms with Crippen molar-refractivity contribution in [2.45, 2.75) is 0 Å². The summed E-state index contributed by atoms with van der Waals surface area (Å²) in [6.07, 6.45) is 0. The minimum Gasteiger partial charge on any atom is -0.378 e. The molecule has 3 nitrogen and oxygen atoms in total. The molecule has 0 amide bonds. The lowest BCUT2D eigenvalue weighted by Gasteiger charge is -1.90. The summed E-state index contributed by atoms with van der Waals surface area (Å²) in [4.78, 5) is 22.6. The first kappa shape index (κ1) is 9.58. The van der Waals surface area contributed by atoms with Gasteiger partial charge < -0.3 is 14.4 Å². The van der Waals surface area contributed by atoms with Crippen LogP contribution in [-0.4, -0.2) is 22.5 Å². The van der Waals surface area contributed by atoms with Gasteiger partial charge in [-0.25, -0.2) is 0 Å². The zero-order valence-corrected chi connectivity index (χ0v) is 4.38. The molecule has 0 aliphatic heterocycles. The van der Waals surface area contributed by atoms with E-state index in [1.807, 2.05) is 0 Å². The van der Waals surface area contributed by atoms with E-state index in [1.54, 1.807) is 0 Å². The van der Waals surface area contributed by atoms with Gasteiger partial charge in [0.05, 0.1) is 0 Å². The highest BCUT2D eigenvalue weighted by molar-refractivity contribution is 7.06. The predicted octanol–water partition coefficient (Wildman–Crippen LogP) is -1.21. The van der Waals surface area contributed by atoms with Gasteiger partial charge in [-0.2, -0.15) is 0 Å². The topological polar surface area (TPSA) is 60.7 Å². The molecule has 0 aliphatic rings. The van der Waals surface area contributed by atoms with Crippen molar-refractivity contribution in [1.82, 2.24) is 0 Å². The molecule has 0 atom stereocenters. The summed E-state index contributed by atoms with van der Waals surface area (Å²) in [5, 5.41) is 0. The molecule has 6 heteroatoms. The van der Waals surface area contributed by atoms with Crippen LogP contribution in [0.3, 0.4) is 0 Å². The second kappa shape index (κ2) is 2.48. The molecule has 0 bridgehead atoms. The molecule has 0 unspecified atom stereocenters. The summed E-state index contributed by atoms with van der Waals surface area (Å²) < 4.78 is 0. The van der Waals surface area contributed by atoms with Crippen LogP contribution in [0.5, 0.6) is 0 Å². The van der Waals surface area contributed by atoms with Gasteiger partial charge in [-0.15, -0.1) is 0 Å². The molecule has 0 spiro atoms. The third-order valence-electron chi connectivity index (χ3n) is 0. The van der Waals surface area contributed by atoms with E-state index in [9.17, 15) is 0 Å². The first-order valence-electron chi connectivity index (χ1n) is 0.860. The van der Waals surface area contributed by atoms with Gasteiger partial charge in [0.2, 0.25) is 0 Å². The lowest BCUT2D eigenvalue weighted by atomic mass is 15.8. The molecule has 40 valence electrons. The quantitative estimate of drug-likeness (QED) is 0.288. The fourth-order valence-electron chi connectivity index (χ4n) is 0. The fraction of sp³-hybridized carbons (Fsp3) is 0. The van der Waals surface area contributed by atoms with Crippen molar-refractivity contribution in [3.63, 3.8) is 0 Å². The maximum absolute atomic E-state index is 7.54. The standard InChI is InChI=1S/ClH3O3Si.FH/c1-5(2,3)4;/h2-4H;1H. The van der Waals surface area contributed by atoms with Crippen molar-refractivity contribution in [1.29, 1.82) is 0 Å². The zero-order chi connectivity index (χ0) is 4.50. The largest absolute Gasteiger partial charge is 0.605 e. The van der Waals surface area contributed by atoms with Crippen LogP contribution in [0.4, 0.5) is 4.70 Å². The van der Waals surface area contributed by atoms with Crippen LogP contribution in [0.1, 0.15) is 0 Å². The van der Waals surface area contributed by atoms with Crippen LogP contribution in [0.25, 0.3) is 0 Å². The summed E-state index contributed by atoms with van der Waals surface area (Å²) in [6.45, 7) is 0. The fourth-order valence-corrected chi connectivity index (χ4v) is 0. The van der Waals surface area contributed by atoms with Crippen LogP contribution < -0.4 is 0 Å². The molecule has 0 aromatic rings. The van der Waals surface area contributed by atoms with Gasteiger partial charge in [-0.3, -0.25) is 4.70 Å². The second-order valence-corrected chi connectivity index (χ2v) is 3.18. The van der Waals surface area contributed by atoms with Crippen LogP contribution in [0, 0.1) is 0 Å². The van der Waals surface area contributed by atoms with Crippen molar-refractivity contribution in [2.24, 2.45) is 0 Å². The normalized spacial score (nSPS) is 10.0. The molecule has 0 saturated heterocycles. The average Bonchev–Trinajstić information content (AvgIpc) is 0.722. The Hall–Kier alpha value is 0.317. The van der Waals surface area contributed by atoms with E-state index in [4.69, 9.17) is 14.4 Å². The Labute approximate surface area is 39.2 Å². The first-order chi connectivity index (χ1) is 2.00. The number of halogens is 2. The lowest BCUT2D eigenvalue weighted by Crippen LogP contribution is -2.25. The minimum absolute atomic E-state index is 0. The lowest BCUT2D eigenvalue weighted by molar-refractivity contribution is 0.261. The molecular formula is H4ClFO3Si. The molecule has 0 rings (SSSR count). The highest BCUT2D eigenvalue weighted by Crippen LogP contribution is 1.87. The van der Waals surface area contributed by atoms with Crippen molar-refractivity contribution >= 4 is 19.2 Å². The van der Waals surface area contributed by atoms with Gasteiger partial charge in [-0.05, 0) is 0 Å². The van der Waals surface area contributed by atoms with Crippen molar-refractivity contribution in [3.05, 3.63) is 0 Å². The Kier molecular flexibility index (Phi) is 3.97. The summed E-state index contributed by atoms with van der Waals surface area (Å²) in [5.41, 5.74) is 0. The zero-order valence-electron chi connectivity index (χ0n) is 2.63. The molecule has 3 N–H and O–H groups in total. The van der Waals surface area contributed by atoms with Crippen LogP contribution in [-0.2, 0) is 0 Å². The highest BCUT2D eigenvalue weighted by Gasteiger charge is 2.21. The highest BCUT2D eigenvalue weighted by atomic mass is 35.6. The monoisotopic (exact) mass is 134 g/mol. The minimum atomic E-state index is -4.14. The van der Waals surface area contributed by atoms with E-state index in [2.05, 4.69) is 11.1 Å². The van der Waals surface area contributed by atoms with Crippen LogP contribution in [0.2, 0.25) is 0 Å². The smallest absolute Gasteiger partial charge is 0.378 e. The van der Waals surface area contributed by atoms with Gasteiger partial charge in [0.15, 0.2) is 0 Å². The summed E-state index contributed by atoms with van der Waals surface area (Å²) in [6, 6.07) is 0. The van der Waals surface area contributed by atoms with Crippen molar-refractivity contribution in [2.75, 3.05) is 0 Å². The molecular weight excluding hydrogens is 131 g/mol. The third kappa shape index (κ3) is 473. The Morgan fingerprint density at radius 3 is 1.17 bits per heavy atom. The van der Waals surface area contributed by atoms with E-state index in [0.717, 1.165) is 0 Å². The molecule has 0 aromatic carbocycles. The number of hydrogen-bond donors (Lipinski definition) is 3. The molecule has 0 saturated carbocycles. The van der Waals surface area contributed by atoms with Crippen LogP contribution in [0.15, 0.2) is 0 Å². The Morgan fingerprint density at radius 1 is 1.17 bits per heavy atom. The predicted molar refractivity (Wildman–Crippen MR) is 20.8 cm³/mol. The van der Waals surface area contributed by atoms with E-state index < -0.39 is 8.11 Å². The maximum Gasteiger partial charge on any atom is 0.605 e. The Balaban J connectivity index is 0. The number of rotatable bonds is 0. The van der Waals surface area contributed by atoms with E-state index in [1.165, 1.54) is 0 Å². The Morgan fingerprint density at radius 2 is 1.17 bits per heavy atom. The van der Waals surface area contributed by atoms with Gasteiger partial charge in [0, 0.05) is 0 Å². The molecule has 0 radical (unpaired) electrons. The van der Waals surface area contributed by atoms with Crippen molar-refractivity contribution in [3.8, 4) is 0 Å². The Bertz CT molecular complexity index is 26.3. The molecule has 0 aliphatic carbocycles. The molecule has 0 aromatic heterocycles. The third-order valence-corrected chi connectivity index (χ3v) is 0. The summed E-state index contributed by atoms with van der Waals surface area (Å²) in [5.74, 6) is 0. The van der Waals surface area contributed by atoms with E-state index in [-0.39, 0.29) is 4.70 Å². The average molecular weight is 135 g/mol. The molecule has 6 heavy (non-hydrogen) atoms.